The zero-order valence-electron chi connectivity index (χ0n) is 14.4. The fraction of sp³-hybridized carbons (Fsp3) is 1.00. The zero-order valence-corrected chi connectivity index (χ0v) is 16.1. The highest BCUT2D eigenvalue weighted by molar-refractivity contribution is 8.56. The lowest BCUT2D eigenvalue weighted by Gasteiger charge is -2.35. The van der Waals surface area contributed by atoms with Crippen LogP contribution >= 0.6 is 18.0 Å². The highest BCUT2D eigenvalue weighted by Crippen LogP contribution is 2.67. The van der Waals surface area contributed by atoms with E-state index in [0.717, 1.165) is 38.6 Å². The molecule has 0 N–H and O–H groups in total. The van der Waals surface area contributed by atoms with Gasteiger partial charge in [-0.25, -0.2) is 0 Å². The van der Waals surface area contributed by atoms with Gasteiger partial charge in [0.25, 0.3) is 6.57 Å². The van der Waals surface area contributed by atoms with Gasteiger partial charge in [-0.2, -0.15) is 0 Å². The van der Waals surface area contributed by atoms with E-state index in [1.165, 1.54) is 11.4 Å². The third-order valence-electron chi connectivity index (χ3n) is 3.52. The molecule has 1 saturated heterocycles. The molecule has 2 unspecified atom stereocenters. The molecule has 1 fully saturated rings. The summed E-state index contributed by atoms with van der Waals surface area (Å²) in [5, 5.41) is 0. The topological polar surface area (TPSA) is 38.8 Å². The van der Waals surface area contributed by atoms with Crippen LogP contribution < -0.4 is 0 Å². The Hall–Kier alpha value is 0.460. The summed E-state index contributed by atoms with van der Waals surface area (Å²) in [5.74, 6) is 1.13. The molecule has 0 saturated carbocycles. The maximum atomic E-state index is 13.5. The van der Waals surface area contributed by atoms with Crippen LogP contribution in [0, 0.1) is 5.92 Å². The smallest absolute Gasteiger partial charge is 0.262 e. The molecule has 0 aliphatic carbocycles. The molecule has 0 bridgehead atoms. The summed E-state index contributed by atoms with van der Waals surface area (Å²) in [6.07, 6.45) is 0.890. The molecule has 2 atom stereocenters. The Morgan fingerprint density at radius 3 is 2.29 bits per heavy atom. The van der Waals surface area contributed by atoms with E-state index >= 15 is 0 Å². The second-order valence-corrected chi connectivity index (χ2v) is 11.7. The monoisotopic (exact) mass is 337 g/mol. The van der Waals surface area contributed by atoms with Crippen LogP contribution in [0.15, 0.2) is 0 Å². The number of ether oxygens (including phenoxy) is 1. The van der Waals surface area contributed by atoms with Crippen molar-refractivity contribution in [2.75, 3.05) is 32.2 Å². The molecule has 0 amide bonds. The summed E-state index contributed by atoms with van der Waals surface area (Å²) in [6, 6.07) is 0. The fourth-order valence-electron chi connectivity index (χ4n) is 2.52. The Balaban J connectivity index is 2.77. The second-order valence-electron chi connectivity index (χ2n) is 6.95. The molecule has 21 heavy (non-hydrogen) atoms. The van der Waals surface area contributed by atoms with Gasteiger partial charge in [0, 0.05) is 18.7 Å². The third-order valence-corrected chi connectivity index (χ3v) is 9.40. The average Bonchev–Trinajstić information content (AvgIpc) is 2.36. The van der Waals surface area contributed by atoms with Crippen LogP contribution in [0.4, 0.5) is 0 Å². The highest BCUT2D eigenvalue weighted by atomic mass is 32.7. The molecule has 126 valence electrons. The van der Waals surface area contributed by atoms with Crippen LogP contribution in [-0.2, 0) is 13.8 Å². The molecule has 0 aromatic rings. The standard InChI is InChI=1S/C15H32NO3PS/c1-7-14(13(2)3)20(17,19-15(4,5)6)21-12-16-8-10-18-11-9-16/h13-14H,7-12H2,1-6H3. The van der Waals surface area contributed by atoms with Crippen molar-refractivity contribution in [1.29, 1.82) is 0 Å². The summed E-state index contributed by atoms with van der Waals surface area (Å²) in [7, 11) is 0. The summed E-state index contributed by atoms with van der Waals surface area (Å²) in [4.78, 5) is 2.31. The maximum Gasteiger partial charge on any atom is 0.262 e. The Kier molecular flexibility index (Phi) is 7.76. The first kappa shape index (κ1) is 19.5. The molecular formula is C15H32NO3PS. The van der Waals surface area contributed by atoms with Gasteiger partial charge in [0.05, 0.1) is 24.7 Å². The van der Waals surface area contributed by atoms with Gasteiger partial charge in [0.2, 0.25) is 0 Å². The molecule has 1 aliphatic rings. The maximum absolute atomic E-state index is 13.5. The van der Waals surface area contributed by atoms with Crippen LogP contribution in [-0.4, -0.2) is 48.3 Å². The lowest BCUT2D eigenvalue weighted by Crippen LogP contribution is -2.36. The average molecular weight is 337 g/mol. The SMILES string of the molecule is CCC(C(C)C)P(=O)(OC(C)(C)C)SCN1CCOCC1. The normalized spacial score (nSPS) is 22.2. The summed E-state index contributed by atoms with van der Waals surface area (Å²) >= 11 is 1.52. The zero-order chi connectivity index (χ0) is 16.1. The number of nitrogens with zero attached hydrogens (tertiary/aromatic N) is 1. The Morgan fingerprint density at radius 1 is 1.29 bits per heavy atom. The molecule has 1 heterocycles. The van der Waals surface area contributed by atoms with Gasteiger partial charge in [0.1, 0.15) is 0 Å². The molecule has 0 aromatic heterocycles. The summed E-state index contributed by atoms with van der Waals surface area (Å²) < 4.78 is 25.0. The quantitative estimate of drug-likeness (QED) is 0.642. The van der Waals surface area contributed by atoms with Crippen LogP contribution in [0.2, 0.25) is 0 Å². The van der Waals surface area contributed by atoms with Crippen LogP contribution in [0.1, 0.15) is 48.0 Å². The van der Waals surface area contributed by atoms with Gasteiger partial charge in [-0.05, 0) is 33.1 Å². The minimum atomic E-state index is -2.74. The van der Waals surface area contributed by atoms with Crippen molar-refractivity contribution in [3.05, 3.63) is 0 Å². The van der Waals surface area contributed by atoms with Crippen molar-refractivity contribution in [3.63, 3.8) is 0 Å². The van der Waals surface area contributed by atoms with Gasteiger partial charge in [-0.15, -0.1) is 0 Å². The minimum Gasteiger partial charge on any atom is -0.379 e. The van der Waals surface area contributed by atoms with Crippen molar-refractivity contribution in [3.8, 4) is 0 Å². The number of rotatable bonds is 7. The van der Waals surface area contributed by atoms with Crippen LogP contribution in [0.3, 0.4) is 0 Å². The molecule has 4 nitrogen and oxygen atoms in total. The predicted octanol–water partition coefficient (Wildman–Crippen LogP) is 4.45. The van der Waals surface area contributed by atoms with Gasteiger partial charge in [0.15, 0.2) is 0 Å². The van der Waals surface area contributed by atoms with E-state index in [2.05, 4.69) is 25.7 Å². The molecule has 0 radical (unpaired) electrons. The van der Waals surface area contributed by atoms with Crippen molar-refractivity contribution >= 4 is 18.0 Å². The largest absolute Gasteiger partial charge is 0.379 e. The van der Waals surface area contributed by atoms with Crippen molar-refractivity contribution in [2.45, 2.75) is 59.2 Å². The Bertz CT molecular complexity index is 351. The van der Waals surface area contributed by atoms with E-state index in [9.17, 15) is 4.57 Å². The third kappa shape index (κ3) is 6.62. The Morgan fingerprint density at radius 2 is 1.86 bits per heavy atom. The molecule has 1 rings (SSSR count). The van der Waals surface area contributed by atoms with E-state index in [1.807, 2.05) is 20.8 Å². The van der Waals surface area contributed by atoms with Crippen LogP contribution in [0.5, 0.6) is 0 Å². The first-order valence-electron chi connectivity index (χ1n) is 7.93. The van der Waals surface area contributed by atoms with Gasteiger partial charge in [-0.1, -0.05) is 32.2 Å². The van der Waals surface area contributed by atoms with Crippen molar-refractivity contribution < 1.29 is 13.8 Å². The molecule has 0 spiro atoms. The first-order chi connectivity index (χ1) is 9.68. The van der Waals surface area contributed by atoms with E-state index < -0.39 is 6.57 Å². The molecular weight excluding hydrogens is 305 g/mol. The fourth-order valence-corrected chi connectivity index (χ4v) is 8.98. The predicted molar refractivity (Wildman–Crippen MR) is 92.2 cm³/mol. The Labute approximate surface area is 134 Å². The summed E-state index contributed by atoms with van der Waals surface area (Å²) in [5.41, 5.74) is -0.265. The lowest BCUT2D eigenvalue weighted by molar-refractivity contribution is 0.0474. The number of morpholine rings is 1. The van der Waals surface area contributed by atoms with Gasteiger partial charge < -0.3 is 9.26 Å². The second kappa shape index (κ2) is 8.35. The molecule has 6 heteroatoms. The van der Waals surface area contributed by atoms with E-state index in [1.54, 1.807) is 0 Å². The van der Waals surface area contributed by atoms with E-state index in [0.29, 0.717) is 5.92 Å². The first-order valence-corrected chi connectivity index (χ1v) is 11.2. The number of hydrogen-bond acceptors (Lipinski definition) is 5. The molecule has 1 aliphatic heterocycles. The van der Waals surface area contributed by atoms with Gasteiger partial charge in [-0.3, -0.25) is 9.46 Å². The summed E-state index contributed by atoms with van der Waals surface area (Å²) in [6.45, 7) is 13.0. The minimum absolute atomic E-state index is 0.114. The van der Waals surface area contributed by atoms with Gasteiger partial charge >= 0.3 is 0 Å². The number of hydrogen-bond donors (Lipinski definition) is 0. The van der Waals surface area contributed by atoms with Crippen molar-refractivity contribution in [2.24, 2.45) is 5.92 Å². The van der Waals surface area contributed by atoms with E-state index in [4.69, 9.17) is 9.26 Å². The molecule has 0 aromatic carbocycles. The highest BCUT2D eigenvalue weighted by Gasteiger charge is 2.39. The van der Waals surface area contributed by atoms with Crippen molar-refractivity contribution in [1.82, 2.24) is 4.90 Å². The van der Waals surface area contributed by atoms with E-state index in [-0.39, 0.29) is 11.3 Å². The lowest BCUT2D eigenvalue weighted by atomic mass is 10.1. The van der Waals surface area contributed by atoms with Crippen LogP contribution in [0.25, 0.3) is 0 Å².